The van der Waals surface area contributed by atoms with Gasteiger partial charge in [0.25, 0.3) is 0 Å². The average Bonchev–Trinajstić information content (AvgIpc) is 3.05. The molecule has 3 rings (SSSR count). The lowest BCUT2D eigenvalue weighted by molar-refractivity contribution is -0.132. The van der Waals surface area contributed by atoms with Crippen molar-refractivity contribution >= 4 is 28.4 Å². The number of hydrogen-bond acceptors (Lipinski definition) is 3. The number of urea groups is 1. The number of aromatic nitrogens is 1. The molecule has 3 amide bonds. The van der Waals surface area contributed by atoms with E-state index in [4.69, 9.17) is 0 Å². The summed E-state index contributed by atoms with van der Waals surface area (Å²) in [4.78, 5) is 31.3. The molecular weight excluding hydrogens is 311 g/mol. The third-order valence-corrected chi connectivity index (χ3v) is 4.23. The lowest BCUT2D eigenvalue weighted by Crippen LogP contribution is -2.36. The van der Waals surface area contributed by atoms with Crippen LogP contribution in [-0.4, -0.2) is 53.9 Å². The van der Waals surface area contributed by atoms with Crippen LogP contribution in [0.25, 0.3) is 10.8 Å². The summed E-state index contributed by atoms with van der Waals surface area (Å²) in [7, 11) is 3.42. The van der Waals surface area contributed by atoms with Crippen molar-refractivity contribution in [2.75, 3.05) is 32.5 Å². The van der Waals surface area contributed by atoms with Gasteiger partial charge >= 0.3 is 6.03 Å². The Morgan fingerprint density at radius 3 is 2.88 bits per heavy atom. The van der Waals surface area contributed by atoms with Gasteiger partial charge in [-0.05, 0) is 18.6 Å². The van der Waals surface area contributed by atoms with E-state index in [2.05, 4.69) is 10.3 Å². The van der Waals surface area contributed by atoms with Gasteiger partial charge in [-0.25, -0.2) is 9.18 Å². The second-order valence-corrected chi connectivity index (χ2v) is 6.15. The Hall–Kier alpha value is -2.70. The van der Waals surface area contributed by atoms with Crippen molar-refractivity contribution < 1.29 is 14.0 Å². The van der Waals surface area contributed by atoms with Crippen LogP contribution in [0.1, 0.15) is 6.42 Å². The third kappa shape index (κ3) is 3.15. The van der Waals surface area contributed by atoms with Gasteiger partial charge in [-0.1, -0.05) is 6.07 Å². The standard InChI is InChI=1S/C17H19FN4O2/c1-21(2)16(23)12-5-6-22(10-12)17(24)20-13-4-3-11-8-19-9-15(18)14(11)7-13/h3-4,7-9,12H,5-6,10H2,1-2H3,(H,20,24). The van der Waals surface area contributed by atoms with Crippen LogP contribution in [0.5, 0.6) is 0 Å². The molecule has 1 N–H and O–H groups in total. The summed E-state index contributed by atoms with van der Waals surface area (Å²) in [5, 5.41) is 3.85. The highest BCUT2D eigenvalue weighted by atomic mass is 19.1. The zero-order valence-corrected chi connectivity index (χ0v) is 13.6. The summed E-state index contributed by atoms with van der Waals surface area (Å²) < 4.78 is 13.8. The second-order valence-electron chi connectivity index (χ2n) is 6.15. The lowest BCUT2D eigenvalue weighted by atomic mass is 10.1. The minimum atomic E-state index is -0.429. The Labute approximate surface area is 139 Å². The molecule has 1 aromatic heterocycles. The molecule has 1 aliphatic heterocycles. The SMILES string of the molecule is CN(C)C(=O)C1CCN(C(=O)Nc2ccc3cncc(F)c3c2)C1. The number of anilines is 1. The number of likely N-dealkylation sites (tertiary alicyclic amines) is 1. The Bertz CT molecular complexity index is 793. The fourth-order valence-corrected chi connectivity index (χ4v) is 2.92. The highest BCUT2D eigenvalue weighted by Crippen LogP contribution is 2.23. The van der Waals surface area contributed by atoms with Crippen LogP contribution in [0, 0.1) is 11.7 Å². The van der Waals surface area contributed by atoms with E-state index in [1.807, 2.05) is 0 Å². The summed E-state index contributed by atoms with van der Waals surface area (Å²) >= 11 is 0. The number of fused-ring (bicyclic) bond motifs is 1. The maximum atomic E-state index is 13.8. The predicted octanol–water partition coefficient (Wildman–Crippen LogP) is 2.32. The van der Waals surface area contributed by atoms with Gasteiger partial charge in [0.2, 0.25) is 5.91 Å². The van der Waals surface area contributed by atoms with Gasteiger partial charge in [-0.3, -0.25) is 9.78 Å². The fraction of sp³-hybridized carbons (Fsp3) is 0.353. The Morgan fingerprint density at radius 2 is 2.12 bits per heavy atom. The normalized spacial score (nSPS) is 17.1. The predicted molar refractivity (Wildman–Crippen MR) is 89.1 cm³/mol. The van der Waals surface area contributed by atoms with Gasteiger partial charge in [0, 0.05) is 49.8 Å². The molecule has 24 heavy (non-hydrogen) atoms. The van der Waals surface area contributed by atoms with Gasteiger partial charge in [-0.15, -0.1) is 0 Å². The van der Waals surface area contributed by atoms with E-state index < -0.39 is 5.82 Å². The zero-order valence-electron chi connectivity index (χ0n) is 13.6. The number of benzene rings is 1. The van der Waals surface area contributed by atoms with Crippen molar-refractivity contribution in [3.63, 3.8) is 0 Å². The zero-order chi connectivity index (χ0) is 17.3. The number of hydrogen-bond donors (Lipinski definition) is 1. The van der Waals surface area contributed by atoms with E-state index in [-0.39, 0.29) is 17.9 Å². The summed E-state index contributed by atoms with van der Waals surface area (Å²) in [6, 6.07) is 4.73. The molecule has 126 valence electrons. The molecule has 0 bridgehead atoms. The van der Waals surface area contributed by atoms with Gasteiger partial charge < -0.3 is 15.1 Å². The van der Waals surface area contributed by atoms with Crippen LogP contribution in [0.2, 0.25) is 0 Å². The van der Waals surface area contributed by atoms with Crippen molar-refractivity contribution in [1.29, 1.82) is 0 Å². The van der Waals surface area contributed by atoms with Crippen LogP contribution < -0.4 is 5.32 Å². The number of pyridine rings is 1. The lowest BCUT2D eigenvalue weighted by Gasteiger charge is -2.19. The van der Waals surface area contributed by atoms with Gasteiger partial charge in [0.1, 0.15) is 5.82 Å². The summed E-state index contributed by atoms with van der Waals surface area (Å²) in [6.07, 6.45) is 3.37. The van der Waals surface area contributed by atoms with E-state index in [1.165, 1.54) is 0 Å². The number of nitrogens with zero attached hydrogens (tertiary/aromatic N) is 3. The van der Waals surface area contributed by atoms with E-state index in [9.17, 15) is 14.0 Å². The van der Waals surface area contributed by atoms with E-state index in [0.717, 1.165) is 6.20 Å². The van der Waals surface area contributed by atoms with Crippen molar-refractivity contribution in [2.45, 2.75) is 6.42 Å². The molecule has 0 spiro atoms. The maximum absolute atomic E-state index is 13.8. The first-order valence-corrected chi connectivity index (χ1v) is 7.76. The Balaban J connectivity index is 1.69. The average molecular weight is 330 g/mol. The van der Waals surface area contributed by atoms with Crippen molar-refractivity contribution in [2.24, 2.45) is 5.92 Å². The first kappa shape index (κ1) is 16.2. The molecule has 6 nitrogen and oxygen atoms in total. The molecular formula is C17H19FN4O2. The smallest absolute Gasteiger partial charge is 0.321 e. The molecule has 2 aromatic rings. The number of amides is 3. The highest BCUT2D eigenvalue weighted by Gasteiger charge is 2.31. The van der Waals surface area contributed by atoms with Crippen LogP contribution in [-0.2, 0) is 4.79 Å². The molecule has 1 unspecified atom stereocenters. The first-order valence-electron chi connectivity index (χ1n) is 7.76. The number of nitrogens with one attached hydrogen (secondary N) is 1. The summed E-state index contributed by atoms with van der Waals surface area (Å²) in [6.45, 7) is 0.927. The van der Waals surface area contributed by atoms with Gasteiger partial charge in [0.15, 0.2) is 0 Å². The third-order valence-electron chi connectivity index (χ3n) is 4.23. The van der Waals surface area contributed by atoms with Crippen LogP contribution in [0.4, 0.5) is 14.9 Å². The van der Waals surface area contributed by atoms with Crippen LogP contribution in [0.15, 0.2) is 30.6 Å². The molecule has 1 saturated heterocycles. The summed E-state index contributed by atoms with van der Waals surface area (Å²) in [5.41, 5.74) is 0.514. The molecule has 2 heterocycles. The molecule has 0 radical (unpaired) electrons. The number of carbonyl (C=O) groups excluding carboxylic acids is 2. The van der Waals surface area contributed by atoms with Gasteiger partial charge in [0.05, 0.1) is 12.1 Å². The molecule has 1 fully saturated rings. The Kier molecular flexibility index (Phi) is 4.33. The van der Waals surface area contributed by atoms with Crippen LogP contribution in [0.3, 0.4) is 0 Å². The van der Waals surface area contributed by atoms with Crippen molar-refractivity contribution in [1.82, 2.24) is 14.8 Å². The number of rotatable bonds is 2. The molecule has 7 heteroatoms. The maximum Gasteiger partial charge on any atom is 0.321 e. The van der Waals surface area contributed by atoms with Crippen molar-refractivity contribution in [3.8, 4) is 0 Å². The second kappa shape index (κ2) is 6.43. The minimum Gasteiger partial charge on any atom is -0.349 e. The Morgan fingerprint density at radius 1 is 1.33 bits per heavy atom. The monoisotopic (exact) mass is 330 g/mol. The molecule has 1 atom stereocenters. The van der Waals surface area contributed by atoms with E-state index in [1.54, 1.807) is 48.3 Å². The topological polar surface area (TPSA) is 65.5 Å². The van der Waals surface area contributed by atoms with E-state index >= 15 is 0 Å². The molecule has 0 aliphatic carbocycles. The largest absolute Gasteiger partial charge is 0.349 e. The number of carbonyl (C=O) groups is 2. The minimum absolute atomic E-state index is 0.0329. The quantitative estimate of drug-likeness (QED) is 0.919. The molecule has 1 aromatic carbocycles. The highest BCUT2D eigenvalue weighted by molar-refractivity contribution is 5.94. The van der Waals surface area contributed by atoms with E-state index in [0.29, 0.717) is 36.0 Å². The van der Waals surface area contributed by atoms with Crippen LogP contribution >= 0.6 is 0 Å². The first-order chi connectivity index (χ1) is 11.5. The van der Waals surface area contributed by atoms with Gasteiger partial charge in [-0.2, -0.15) is 0 Å². The number of halogens is 1. The van der Waals surface area contributed by atoms with Crippen molar-refractivity contribution in [3.05, 3.63) is 36.4 Å². The molecule has 1 aliphatic rings. The summed E-state index contributed by atoms with van der Waals surface area (Å²) in [5.74, 6) is -0.558. The molecule has 0 saturated carbocycles. The fourth-order valence-electron chi connectivity index (χ4n) is 2.92.